The first kappa shape index (κ1) is 13.4. The molecule has 1 fully saturated rings. The lowest BCUT2D eigenvalue weighted by Gasteiger charge is -2.18. The molecule has 0 aromatic heterocycles. The molecule has 1 aliphatic heterocycles. The van der Waals surface area contributed by atoms with Crippen LogP contribution in [0.2, 0.25) is 5.02 Å². The highest BCUT2D eigenvalue weighted by molar-refractivity contribution is 6.30. The Labute approximate surface area is 113 Å². The lowest BCUT2D eigenvalue weighted by molar-refractivity contribution is -0.130. The summed E-state index contributed by atoms with van der Waals surface area (Å²) < 4.78 is 0. The van der Waals surface area contributed by atoms with E-state index in [0.717, 1.165) is 24.5 Å². The van der Waals surface area contributed by atoms with Gasteiger partial charge in [-0.1, -0.05) is 23.7 Å². The van der Waals surface area contributed by atoms with E-state index >= 15 is 0 Å². The van der Waals surface area contributed by atoms with Gasteiger partial charge in [0.15, 0.2) is 0 Å². The zero-order chi connectivity index (χ0) is 13.1. The van der Waals surface area contributed by atoms with Gasteiger partial charge in [0, 0.05) is 36.5 Å². The van der Waals surface area contributed by atoms with Crippen LogP contribution in [0, 0.1) is 0 Å². The number of hydrogen-bond acceptors (Lipinski definition) is 2. The Balaban J connectivity index is 1.96. The van der Waals surface area contributed by atoms with Crippen LogP contribution < -0.4 is 5.73 Å². The Hall–Kier alpha value is -1.06. The van der Waals surface area contributed by atoms with Crippen LogP contribution in [0.1, 0.15) is 31.2 Å². The van der Waals surface area contributed by atoms with E-state index in [1.54, 1.807) is 0 Å². The Kier molecular flexibility index (Phi) is 4.25. The molecule has 18 heavy (non-hydrogen) atoms. The Morgan fingerprint density at radius 3 is 2.78 bits per heavy atom. The highest BCUT2D eigenvalue weighted by Crippen LogP contribution is 2.28. The molecule has 3 nitrogen and oxygen atoms in total. The fourth-order valence-corrected chi connectivity index (χ4v) is 2.52. The van der Waals surface area contributed by atoms with Gasteiger partial charge in [0.25, 0.3) is 0 Å². The van der Waals surface area contributed by atoms with E-state index in [4.69, 9.17) is 17.3 Å². The average Bonchev–Trinajstić information content (AvgIpc) is 2.78. The Morgan fingerprint density at radius 1 is 1.50 bits per heavy atom. The molecule has 0 bridgehead atoms. The molecule has 2 unspecified atom stereocenters. The van der Waals surface area contributed by atoms with Crippen molar-refractivity contribution in [2.45, 2.75) is 31.7 Å². The zero-order valence-corrected chi connectivity index (χ0v) is 11.4. The van der Waals surface area contributed by atoms with Crippen LogP contribution in [0.15, 0.2) is 24.3 Å². The number of nitrogens with two attached hydrogens (primary N) is 1. The Morgan fingerprint density at radius 2 is 2.17 bits per heavy atom. The molecule has 0 radical (unpaired) electrons. The summed E-state index contributed by atoms with van der Waals surface area (Å²) in [6.45, 7) is 3.50. The van der Waals surface area contributed by atoms with Crippen LogP contribution >= 0.6 is 11.6 Å². The summed E-state index contributed by atoms with van der Waals surface area (Å²) in [5, 5.41) is 0.752. The van der Waals surface area contributed by atoms with Gasteiger partial charge in [0.05, 0.1) is 0 Å². The largest absolute Gasteiger partial charge is 0.342 e. The molecule has 0 saturated carbocycles. The number of benzene rings is 1. The van der Waals surface area contributed by atoms with Crippen LogP contribution in [0.25, 0.3) is 0 Å². The predicted octanol–water partition coefficient (Wildman–Crippen LogP) is 2.39. The number of rotatable bonds is 3. The van der Waals surface area contributed by atoms with Crippen molar-refractivity contribution in [3.05, 3.63) is 34.9 Å². The predicted molar refractivity (Wildman–Crippen MR) is 73.7 cm³/mol. The van der Waals surface area contributed by atoms with E-state index in [-0.39, 0.29) is 11.9 Å². The maximum absolute atomic E-state index is 11.9. The molecule has 1 heterocycles. The summed E-state index contributed by atoms with van der Waals surface area (Å²) in [6, 6.07) is 7.85. The molecule has 1 saturated heterocycles. The number of carbonyl (C=O) groups excluding carboxylic acids is 1. The maximum Gasteiger partial charge on any atom is 0.224 e. The van der Waals surface area contributed by atoms with Crippen molar-refractivity contribution < 1.29 is 4.79 Å². The van der Waals surface area contributed by atoms with Crippen molar-refractivity contribution in [1.29, 1.82) is 0 Å². The molecular formula is C14H19ClN2O. The first-order valence-corrected chi connectivity index (χ1v) is 6.73. The molecule has 2 rings (SSSR count). The molecule has 0 aliphatic carbocycles. The highest BCUT2D eigenvalue weighted by atomic mass is 35.5. The summed E-state index contributed by atoms with van der Waals surface area (Å²) in [5.41, 5.74) is 6.92. The lowest BCUT2D eigenvalue weighted by atomic mass is 9.99. The maximum atomic E-state index is 11.9. The molecule has 1 aromatic rings. The van der Waals surface area contributed by atoms with Crippen molar-refractivity contribution in [3.8, 4) is 0 Å². The first-order valence-electron chi connectivity index (χ1n) is 6.35. The van der Waals surface area contributed by atoms with E-state index in [1.807, 2.05) is 36.1 Å². The van der Waals surface area contributed by atoms with Gasteiger partial charge in [0.2, 0.25) is 5.91 Å². The number of likely N-dealkylation sites (tertiary alicyclic amines) is 1. The third kappa shape index (κ3) is 3.24. The monoisotopic (exact) mass is 266 g/mol. The van der Waals surface area contributed by atoms with Gasteiger partial charge in [0.1, 0.15) is 0 Å². The van der Waals surface area contributed by atoms with Gasteiger partial charge >= 0.3 is 0 Å². The van der Waals surface area contributed by atoms with Crippen molar-refractivity contribution in [1.82, 2.24) is 4.90 Å². The first-order chi connectivity index (χ1) is 8.56. The van der Waals surface area contributed by atoms with Crippen LogP contribution in [0.5, 0.6) is 0 Å². The molecule has 1 aromatic carbocycles. The molecule has 2 atom stereocenters. The van der Waals surface area contributed by atoms with Gasteiger partial charge in [-0.3, -0.25) is 4.79 Å². The third-order valence-electron chi connectivity index (χ3n) is 3.38. The molecule has 1 amide bonds. The number of nitrogens with zero attached hydrogens (tertiary/aromatic N) is 1. The smallest absolute Gasteiger partial charge is 0.224 e. The van der Waals surface area contributed by atoms with Crippen LogP contribution in [0.4, 0.5) is 0 Å². The standard InChI is InChI=1S/C14H19ClN2O/c1-10(16)8-14(18)17-7-6-12(9-17)11-2-4-13(15)5-3-11/h2-5,10,12H,6-9,16H2,1H3. The van der Waals surface area contributed by atoms with Crippen LogP contribution in [-0.4, -0.2) is 29.9 Å². The van der Waals surface area contributed by atoms with Gasteiger partial charge in [-0.05, 0) is 31.0 Å². The minimum atomic E-state index is -0.0629. The van der Waals surface area contributed by atoms with Gasteiger partial charge in [-0.25, -0.2) is 0 Å². The van der Waals surface area contributed by atoms with E-state index in [1.165, 1.54) is 5.56 Å². The fourth-order valence-electron chi connectivity index (χ4n) is 2.40. The summed E-state index contributed by atoms with van der Waals surface area (Å²) >= 11 is 5.88. The van der Waals surface area contributed by atoms with E-state index in [9.17, 15) is 4.79 Å². The topological polar surface area (TPSA) is 46.3 Å². The summed E-state index contributed by atoms with van der Waals surface area (Å²) in [6.07, 6.45) is 1.46. The normalized spacial score (nSPS) is 21.1. The summed E-state index contributed by atoms with van der Waals surface area (Å²) in [7, 11) is 0. The van der Waals surface area contributed by atoms with Crippen LogP contribution in [0.3, 0.4) is 0 Å². The number of hydrogen-bond donors (Lipinski definition) is 1. The molecule has 0 spiro atoms. The number of carbonyl (C=O) groups is 1. The lowest BCUT2D eigenvalue weighted by Crippen LogP contribution is -2.33. The van der Waals surface area contributed by atoms with E-state index in [0.29, 0.717) is 12.3 Å². The van der Waals surface area contributed by atoms with Crippen molar-refractivity contribution in [3.63, 3.8) is 0 Å². The fraction of sp³-hybridized carbons (Fsp3) is 0.500. The minimum absolute atomic E-state index is 0.0629. The van der Waals surface area contributed by atoms with Gasteiger partial charge in [-0.15, -0.1) is 0 Å². The second-order valence-corrected chi connectivity index (χ2v) is 5.49. The van der Waals surface area contributed by atoms with E-state index in [2.05, 4.69) is 0 Å². The zero-order valence-electron chi connectivity index (χ0n) is 10.6. The van der Waals surface area contributed by atoms with E-state index < -0.39 is 0 Å². The third-order valence-corrected chi connectivity index (χ3v) is 3.63. The minimum Gasteiger partial charge on any atom is -0.342 e. The Bertz CT molecular complexity index is 416. The average molecular weight is 267 g/mol. The van der Waals surface area contributed by atoms with Crippen molar-refractivity contribution in [2.75, 3.05) is 13.1 Å². The van der Waals surface area contributed by atoms with Crippen molar-refractivity contribution >= 4 is 17.5 Å². The second kappa shape index (κ2) is 5.72. The summed E-state index contributed by atoms with van der Waals surface area (Å²) in [5.74, 6) is 0.598. The van der Waals surface area contributed by atoms with Crippen molar-refractivity contribution in [2.24, 2.45) is 5.73 Å². The van der Waals surface area contributed by atoms with Gasteiger partial charge < -0.3 is 10.6 Å². The quantitative estimate of drug-likeness (QED) is 0.913. The molecule has 1 aliphatic rings. The number of halogens is 1. The van der Waals surface area contributed by atoms with Gasteiger partial charge in [-0.2, -0.15) is 0 Å². The molecule has 98 valence electrons. The molecular weight excluding hydrogens is 248 g/mol. The highest BCUT2D eigenvalue weighted by Gasteiger charge is 2.27. The summed E-state index contributed by atoms with van der Waals surface area (Å²) in [4.78, 5) is 13.8. The van der Waals surface area contributed by atoms with Crippen LogP contribution in [-0.2, 0) is 4.79 Å². The molecule has 2 N–H and O–H groups in total. The SMILES string of the molecule is CC(N)CC(=O)N1CCC(c2ccc(Cl)cc2)C1. The second-order valence-electron chi connectivity index (χ2n) is 5.06. The number of amides is 1. The molecule has 4 heteroatoms.